The third-order valence-corrected chi connectivity index (χ3v) is 5.18. The molecular weight excluding hydrogens is 314 g/mol. The lowest BCUT2D eigenvalue weighted by Crippen LogP contribution is -2.19. The molecule has 6 nitrogen and oxygen atoms in total. The number of rotatable bonds is 7. The molecule has 1 rings (SSSR count). The van der Waals surface area contributed by atoms with Crippen molar-refractivity contribution in [1.29, 1.82) is 0 Å². The van der Waals surface area contributed by atoms with Gasteiger partial charge in [0.05, 0.1) is 16.4 Å². The Morgan fingerprint density at radius 2 is 1.84 bits per heavy atom. The van der Waals surface area contributed by atoms with Crippen LogP contribution in [-0.2, 0) is 20.0 Å². The maximum Gasteiger partial charge on any atom is 0.294 e. The Balaban J connectivity index is 2.65. The fourth-order valence-electron chi connectivity index (χ4n) is 1.34. The molecule has 0 aliphatic rings. The second kappa shape index (κ2) is 6.56. The van der Waals surface area contributed by atoms with Crippen molar-refractivity contribution < 1.29 is 21.4 Å². The quantitative estimate of drug-likeness (QED) is 0.572. The third kappa shape index (κ3) is 5.77. The highest BCUT2D eigenvalue weighted by atomic mass is 35.5. The molecule has 0 fully saturated rings. The van der Waals surface area contributed by atoms with Gasteiger partial charge in [-0.15, -0.1) is 11.6 Å². The van der Waals surface area contributed by atoms with Gasteiger partial charge in [0.1, 0.15) is 0 Å². The molecule has 0 unspecified atom stereocenters. The molecule has 9 heteroatoms. The minimum atomic E-state index is -4.26. The van der Waals surface area contributed by atoms with Crippen molar-refractivity contribution >= 4 is 37.2 Å². The van der Waals surface area contributed by atoms with Crippen molar-refractivity contribution in [3.8, 4) is 0 Å². The molecule has 2 N–H and O–H groups in total. The molecule has 0 amide bonds. The van der Waals surface area contributed by atoms with Crippen LogP contribution in [0, 0.1) is 0 Å². The molecule has 1 aromatic rings. The standard InChI is InChI=1S/C10H14ClNO5S2/c11-4-6-18(13,14)7-5-12-9-2-1-3-10(8-9)19(15,16)17/h1-3,8,12H,4-7H2,(H,15,16,17). The van der Waals surface area contributed by atoms with Crippen LogP contribution >= 0.6 is 11.6 Å². The predicted molar refractivity (Wildman–Crippen MR) is 74.1 cm³/mol. The van der Waals surface area contributed by atoms with Crippen LogP contribution in [-0.4, -0.2) is 45.3 Å². The van der Waals surface area contributed by atoms with Crippen LogP contribution < -0.4 is 5.32 Å². The van der Waals surface area contributed by atoms with Crippen molar-refractivity contribution in [3.05, 3.63) is 24.3 Å². The van der Waals surface area contributed by atoms with E-state index in [1.54, 1.807) is 6.07 Å². The van der Waals surface area contributed by atoms with E-state index in [1.165, 1.54) is 18.2 Å². The zero-order chi connectivity index (χ0) is 14.5. The monoisotopic (exact) mass is 327 g/mol. The van der Waals surface area contributed by atoms with Gasteiger partial charge in [-0.05, 0) is 18.2 Å². The van der Waals surface area contributed by atoms with Gasteiger partial charge in [0.25, 0.3) is 10.1 Å². The second-order valence-electron chi connectivity index (χ2n) is 3.77. The van der Waals surface area contributed by atoms with E-state index in [0.717, 1.165) is 0 Å². The van der Waals surface area contributed by atoms with E-state index in [1.807, 2.05) is 0 Å². The molecule has 0 heterocycles. The van der Waals surface area contributed by atoms with E-state index in [-0.39, 0.29) is 28.8 Å². The molecule has 1 aromatic carbocycles. The smallest absolute Gasteiger partial charge is 0.294 e. The lowest BCUT2D eigenvalue weighted by atomic mass is 10.3. The van der Waals surface area contributed by atoms with Crippen molar-refractivity contribution in [2.24, 2.45) is 0 Å². The molecule has 0 saturated carbocycles. The summed E-state index contributed by atoms with van der Waals surface area (Å²) in [5, 5.41) is 2.77. The number of anilines is 1. The van der Waals surface area contributed by atoms with Crippen molar-refractivity contribution in [1.82, 2.24) is 0 Å². The second-order valence-corrected chi connectivity index (χ2v) is 7.87. The lowest BCUT2D eigenvalue weighted by molar-refractivity contribution is 0.483. The Bertz CT molecular complexity index is 627. The van der Waals surface area contributed by atoms with Gasteiger partial charge in [-0.2, -0.15) is 8.42 Å². The van der Waals surface area contributed by atoms with Gasteiger partial charge < -0.3 is 5.32 Å². The van der Waals surface area contributed by atoms with Crippen molar-refractivity contribution in [2.45, 2.75) is 4.90 Å². The molecule has 0 atom stereocenters. The van der Waals surface area contributed by atoms with Gasteiger partial charge in [0, 0.05) is 18.1 Å². The molecule has 0 aliphatic heterocycles. The highest BCUT2D eigenvalue weighted by Gasteiger charge is 2.11. The van der Waals surface area contributed by atoms with Crippen molar-refractivity contribution in [2.75, 3.05) is 29.2 Å². The summed E-state index contributed by atoms with van der Waals surface area (Å²) < 4.78 is 53.5. The Kier molecular flexibility index (Phi) is 5.60. The summed E-state index contributed by atoms with van der Waals surface area (Å²) in [6.45, 7) is 0.133. The van der Waals surface area contributed by atoms with Gasteiger partial charge in [0.15, 0.2) is 9.84 Å². The molecule has 19 heavy (non-hydrogen) atoms. The number of hydrogen-bond acceptors (Lipinski definition) is 5. The fourth-order valence-corrected chi connectivity index (χ4v) is 3.42. The van der Waals surface area contributed by atoms with Crippen LogP contribution in [0.4, 0.5) is 5.69 Å². The Morgan fingerprint density at radius 1 is 1.16 bits per heavy atom. The van der Waals surface area contributed by atoms with Gasteiger partial charge in [0.2, 0.25) is 0 Å². The first kappa shape index (κ1) is 16.2. The SMILES string of the molecule is O=S(=O)(CCCl)CCNc1cccc(S(=O)(=O)O)c1. The molecule has 0 aromatic heterocycles. The predicted octanol–water partition coefficient (Wildman–Crippen LogP) is 0.999. The lowest BCUT2D eigenvalue weighted by Gasteiger charge is -2.07. The normalized spacial score (nSPS) is 12.3. The summed E-state index contributed by atoms with van der Waals surface area (Å²) in [5.74, 6) is -0.155. The zero-order valence-electron chi connectivity index (χ0n) is 9.91. The maximum absolute atomic E-state index is 11.4. The number of alkyl halides is 1. The molecule has 108 valence electrons. The van der Waals surface area contributed by atoms with Crippen LogP contribution in [0.5, 0.6) is 0 Å². The first-order chi connectivity index (χ1) is 8.74. The van der Waals surface area contributed by atoms with Crippen LogP contribution in [0.3, 0.4) is 0 Å². The van der Waals surface area contributed by atoms with Crippen LogP contribution in [0.25, 0.3) is 0 Å². The zero-order valence-corrected chi connectivity index (χ0v) is 12.3. The van der Waals surface area contributed by atoms with E-state index in [4.69, 9.17) is 16.2 Å². The highest BCUT2D eigenvalue weighted by Crippen LogP contribution is 2.14. The summed E-state index contributed by atoms with van der Waals surface area (Å²) in [7, 11) is -7.47. The topological polar surface area (TPSA) is 101 Å². The fraction of sp³-hybridized carbons (Fsp3) is 0.400. The number of nitrogens with one attached hydrogen (secondary N) is 1. The molecule has 0 bridgehead atoms. The maximum atomic E-state index is 11.4. The number of sulfone groups is 1. The summed E-state index contributed by atoms with van der Waals surface area (Å²) in [6, 6.07) is 5.48. The van der Waals surface area contributed by atoms with Gasteiger partial charge in [-0.1, -0.05) is 6.07 Å². The average molecular weight is 328 g/mol. The van der Waals surface area contributed by atoms with E-state index in [2.05, 4.69) is 5.32 Å². The molecule has 0 aliphatic carbocycles. The average Bonchev–Trinajstić information content (AvgIpc) is 2.28. The Labute approximate surface area is 117 Å². The minimum Gasteiger partial charge on any atom is -0.384 e. The van der Waals surface area contributed by atoms with Gasteiger partial charge in [-0.25, -0.2) is 8.42 Å². The Morgan fingerprint density at radius 3 is 2.42 bits per heavy atom. The van der Waals surface area contributed by atoms with Crippen LogP contribution in [0.1, 0.15) is 0 Å². The van der Waals surface area contributed by atoms with Gasteiger partial charge in [-0.3, -0.25) is 4.55 Å². The van der Waals surface area contributed by atoms with Crippen LogP contribution in [0.2, 0.25) is 0 Å². The minimum absolute atomic E-state index is 0.0422. The largest absolute Gasteiger partial charge is 0.384 e. The van der Waals surface area contributed by atoms with E-state index < -0.39 is 20.0 Å². The summed E-state index contributed by atoms with van der Waals surface area (Å²) >= 11 is 5.36. The highest BCUT2D eigenvalue weighted by molar-refractivity contribution is 7.91. The molecule has 0 radical (unpaired) electrons. The van der Waals surface area contributed by atoms with E-state index in [9.17, 15) is 16.8 Å². The number of halogens is 1. The number of benzene rings is 1. The van der Waals surface area contributed by atoms with Gasteiger partial charge >= 0.3 is 0 Å². The first-order valence-electron chi connectivity index (χ1n) is 5.32. The summed E-state index contributed by atoms with van der Waals surface area (Å²) in [5.41, 5.74) is 0.413. The molecule has 0 saturated heterocycles. The number of hydrogen-bond donors (Lipinski definition) is 2. The Hall–Kier alpha value is -0.830. The van der Waals surface area contributed by atoms with E-state index in [0.29, 0.717) is 5.69 Å². The van der Waals surface area contributed by atoms with Crippen LogP contribution in [0.15, 0.2) is 29.2 Å². The summed E-state index contributed by atoms with van der Waals surface area (Å²) in [6.07, 6.45) is 0. The summed E-state index contributed by atoms with van der Waals surface area (Å²) in [4.78, 5) is -0.249. The molecular formula is C10H14ClNO5S2. The first-order valence-corrected chi connectivity index (χ1v) is 9.12. The van der Waals surface area contributed by atoms with Crippen molar-refractivity contribution in [3.63, 3.8) is 0 Å². The molecule has 0 spiro atoms. The third-order valence-electron chi connectivity index (χ3n) is 2.26. The van der Waals surface area contributed by atoms with E-state index >= 15 is 0 Å².